The number of unbranched alkanes of at least 4 members (excludes halogenated alkanes) is 1. The predicted molar refractivity (Wildman–Crippen MR) is 138 cm³/mol. The van der Waals surface area contributed by atoms with E-state index in [1.165, 1.54) is 11.8 Å². The molecule has 3 aromatic carbocycles. The van der Waals surface area contributed by atoms with E-state index in [4.69, 9.17) is 9.47 Å². The van der Waals surface area contributed by atoms with Gasteiger partial charge in [-0.05, 0) is 42.3 Å². The number of thioether (sulfide) groups is 1. The standard InChI is InChI=1S/C27H30N2O4S/c1-4-5-14-25(30)28-20-12-9-13-22(17-20)34-26(19-10-7-6-8-11-19)27(31)29-23-18-21(32-2)15-16-24(23)33-3/h6-13,15-18,26H,4-5,14H2,1-3H3,(H,28,30)(H,29,31). The van der Waals surface area contributed by atoms with Crippen molar-refractivity contribution in [3.63, 3.8) is 0 Å². The first-order chi connectivity index (χ1) is 16.5. The van der Waals surface area contributed by atoms with Gasteiger partial charge in [-0.3, -0.25) is 9.59 Å². The van der Waals surface area contributed by atoms with E-state index in [0.29, 0.717) is 29.3 Å². The Hall–Kier alpha value is -3.45. The third kappa shape index (κ3) is 7.02. The molecule has 0 saturated heterocycles. The fourth-order valence-corrected chi connectivity index (χ4v) is 4.44. The maximum Gasteiger partial charge on any atom is 0.242 e. The van der Waals surface area contributed by atoms with Crippen LogP contribution in [0.3, 0.4) is 0 Å². The molecule has 0 heterocycles. The van der Waals surface area contributed by atoms with Crippen LogP contribution in [0.4, 0.5) is 11.4 Å². The average Bonchev–Trinajstić information content (AvgIpc) is 2.86. The van der Waals surface area contributed by atoms with Gasteiger partial charge in [0.05, 0.1) is 19.9 Å². The van der Waals surface area contributed by atoms with Gasteiger partial charge in [0.15, 0.2) is 0 Å². The van der Waals surface area contributed by atoms with E-state index >= 15 is 0 Å². The third-order valence-electron chi connectivity index (χ3n) is 5.13. The Balaban J connectivity index is 1.84. The monoisotopic (exact) mass is 478 g/mol. The summed E-state index contributed by atoms with van der Waals surface area (Å²) in [5.41, 5.74) is 2.11. The molecular formula is C27H30N2O4S. The maximum atomic E-state index is 13.5. The summed E-state index contributed by atoms with van der Waals surface area (Å²) < 4.78 is 10.7. The minimum Gasteiger partial charge on any atom is -0.497 e. The van der Waals surface area contributed by atoms with Crippen LogP contribution >= 0.6 is 11.8 Å². The van der Waals surface area contributed by atoms with Gasteiger partial charge in [0.25, 0.3) is 0 Å². The molecule has 0 radical (unpaired) electrons. The molecule has 2 amide bonds. The number of hydrogen-bond donors (Lipinski definition) is 2. The number of ether oxygens (including phenoxy) is 2. The molecule has 0 aliphatic heterocycles. The summed E-state index contributed by atoms with van der Waals surface area (Å²) >= 11 is 1.42. The highest BCUT2D eigenvalue weighted by atomic mass is 32.2. The lowest BCUT2D eigenvalue weighted by Gasteiger charge is -2.19. The van der Waals surface area contributed by atoms with Crippen LogP contribution in [-0.4, -0.2) is 26.0 Å². The molecule has 34 heavy (non-hydrogen) atoms. The number of carbonyl (C=O) groups is 2. The number of benzene rings is 3. The van der Waals surface area contributed by atoms with E-state index in [9.17, 15) is 9.59 Å². The normalized spacial score (nSPS) is 11.4. The second-order valence-corrected chi connectivity index (χ2v) is 8.82. The lowest BCUT2D eigenvalue weighted by molar-refractivity contribution is -0.116. The Kier molecular flexibility index (Phi) is 9.40. The number of nitrogens with one attached hydrogen (secondary N) is 2. The zero-order chi connectivity index (χ0) is 24.3. The molecule has 2 N–H and O–H groups in total. The van der Waals surface area contributed by atoms with E-state index in [1.54, 1.807) is 32.4 Å². The van der Waals surface area contributed by atoms with Gasteiger partial charge in [-0.15, -0.1) is 11.8 Å². The first kappa shape index (κ1) is 25.2. The van der Waals surface area contributed by atoms with Crippen LogP contribution in [0.1, 0.15) is 37.0 Å². The topological polar surface area (TPSA) is 76.7 Å². The van der Waals surface area contributed by atoms with Crippen LogP contribution in [0.25, 0.3) is 0 Å². The molecule has 0 bridgehead atoms. The van der Waals surface area contributed by atoms with Crippen molar-refractivity contribution in [2.24, 2.45) is 0 Å². The second kappa shape index (κ2) is 12.7. The molecule has 3 rings (SSSR count). The van der Waals surface area contributed by atoms with Gasteiger partial charge in [-0.25, -0.2) is 0 Å². The minimum absolute atomic E-state index is 0.00790. The number of rotatable bonds is 11. The molecule has 6 nitrogen and oxygen atoms in total. The van der Waals surface area contributed by atoms with Crippen molar-refractivity contribution in [2.45, 2.75) is 36.3 Å². The highest BCUT2D eigenvalue weighted by molar-refractivity contribution is 8.00. The SMILES string of the molecule is CCCCC(=O)Nc1cccc(SC(C(=O)Nc2cc(OC)ccc2OC)c2ccccc2)c1. The van der Waals surface area contributed by atoms with Crippen LogP contribution in [-0.2, 0) is 9.59 Å². The van der Waals surface area contributed by atoms with Crippen molar-refractivity contribution in [1.29, 1.82) is 0 Å². The molecular weight excluding hydrogens is 448 g/mol. The van der Waals surface area contributed by atoms with Gasteiger partial charge < -0.3 is 20.1 Å². The van der Waals surface area contributed by atoms with Gasteiger partial charge in [0.2, 0.25) is 11.8 Å². The highest BCUT2D eigenvalue weighted by Gasteiger charge is 2.23. The molecule has 0 aliphatic carbocycles. The molecule has 0 saturated carbocycles. The van der Waals surface area contributed by atoms with Gasteiger partial charge in [-0.2, -0.15) is 0 Å². The second-order valence-electron chi connectivity index (χ2n) is 7.64. The number of hydrogen-bond acceptors (Lipinski definition) is 5. The van der Waals surface area contributed by atoms with Crippen LogP contribution < -0.4 is 20.1 Å². The largest absolute Gasteiger partial charge is 0.497 e. The molecule has 0 aliphatic rings. The lowest BCUT2D eigenvalue weighted by atomic mass is 10.1. The van der Waals surface area contributed by atoms with E-state index in [-0.39, 0.29) is 11.8 Å². The summed E-state index contributed by atoms with van der Waals surface area (Å²) in [7, 11) is 3.13. The Morgan fingerprint density at radius 1 is 0.912 bits per heavy atom. The van der Waals surface area contributed by atoms with Crippen molar-refractivity contribution in [3.05, 3.63) is 78.4 Å². The fourth-order valence-electron chi connectivity index (χ4n) is 3.35. The molecule has 178 valence electrons. The van der Waals surface area contributed by atoms with Gasteiger partial charge in [0.1, 0.15) is 16.7 Å². The van der Waals surface area contributed by atoms with Gasteiger partial charge in [-0.1, -0.05) is 49.7 Å². The summed E-state index contributed by atoms with van der Waals surface area (Å²) in [5.74, 6) is 0.959. The smallest absolute Gasteiger partial charge is 0.242 e. The van der Waals surface area contributed by atoms with E-state index < -0.39 is 5.25 Å². The average molecular weight is 479 g/mol. The highest BCUT2D eigenvalue weighted by Crippen LogP contribution is 2.38. The van der Waals surface area contributed by atoms with Gasteiger partial charge >= 0.3 is 0 Å². The number of carbonyl (C=O) groups excluding carboxylic acids is 2. The first-order valence-electron chi connectivity index (χ1n) is 11.2. The fraction of sp³-hybridized carbons (Fsp3) is 0.259. The van der Waals surface area contributed by atoms with Crippen LogP contribution in [0, 0.1) is 0 Å². The zero-order valence-corrected chi connectivity index (χ0v) is 20.5. The summed E-state index contributed by atoms with van der Waals surface area (Å²) in [6, 6.07) is 22.4. The van der Waals surface area contributed by atoms with E-state index in [1.807, 2.05) is 54.6 Å². The molecule has 0 fully saturated rings. The van der Waals surface area contributed by atoms with Gasteiger partial charge in [0, 0.05) is 23.1 Å². The molecule has 0 spiro atoms. The maximum absolute atomic E-state index is 13.5. The van der Waals surface area contributed by atoms with Crippen LogP contribution in [0.2, 0.25) is 0 Å². The van der Waals surface area contributed by atoms with E-state index in [0.717, 1.165) is 23.3 Å². The van der Waals surface area contributed by atoms with Crippen molar-refractivity contribution >= 4 is 35.0 Å². The van der Waals surface area contributed by atoms with Crippen molar-refractivity contribution in [2.75, 3.05) is 24.9 Å². The molecule has 3 aromatic rings. The van der Waals surface area contributed by atoms with E-state index in [2.05, 4.69) is 17.6 Å². The predicted octanol–water partition coefficient (Wildman–Crippen LogP) is 6.30. The lowest BCUT2D eigenvalue weighted by Crippen LogP contribution is -2.19. The number of amides is 2. The van der Waals surface area contributed by atoms with Crippen LogP contribution in [0.5, 0.6) is 11.5 Å². The Labute approximate surface area is 205 Å². The molecule has 0 aromatic heterocycles. The number of anilines is 2. The van der Waals surface area contributed by atoms with Crippen LogP contribution in [0.15, 0.2) is 77.7 Å². The Bertz CT molecular complexity index is 1100. The summed E-state index contributed by atoms with van der Waals surface area (Å²) in [6.45, 7) is 2.06. The summed E-state index contributed by atoms with van der Waals surface area (Å²) in [5, 5.41) is 5.41. The molecule has 1 atom stereocenters. The Morgan fingerprint density at radius 3 is 2.41 bits per heavy atom. The summed E-state index contributed by atoms with van der Waals surface area (Å²) in [4.78, 5) is 26.5. The van der Waals surface area contributed by atoms with Crippen molar-refractivity contribution < 1.29 is 19.1 Å². The quantitative estimate of drug-likeness (QED) is 0.316. The zero-order valence-electron chi connectivity index (χ0n) is 19.7. The minimum atomic E-state index is -0.525. The van der Waals surface area contributed by atoms with Crippen molar-refractivity contribution in [3.8, 4) is 11.5 Å². The molecule has 1 unspecified atom stereocenters. The molecule has 7 heteroatoms. The first-order valence-corrected chi connectivity index (χ1v) is 12.1. The number of methoxy groups -OCH3 is 2. The third-order valence-corrected chi connectivity index (χ3v) is 6.38. The Morgan fingerprint density at radius 2 is 1.71 bits per heavy atom. The summed E-state index contributed by atoms with van der Waals surface area (Å²) in [6.07, 6.45) is 2.31. The van der Waals surface area contributed by atoms with Crippen molar-refractivity contribution in [1.82, 2.24) is 0 Å².